The van der Waals surface area contributed by atoms with E-state index in [2.05, 4.69) is 5.32 Å². The summed E-state index contributed by atoms with van der Waals surface area (Å²) in [5.41, 5.74) is 1.75. The van der Waals surface area contributed by atoms with Crippen LogP contribution in [0.3, 0.4) is 0 Å². The lowest BCUT2D eigenvalue weighted by molar-refractivity contribution is -0.384. The predicted molar refractivity (Wildman–Crippen MR) is 156 cm³/mol. The third-order valence-electron chi connectivity index (χ3n) is 6.24. The van der Waals surface area contributed by atoms with E-state index in [-0.39, 0.29) is 17.2 Å². The Morgan fingerprint density at radius 1 is 1.00 bits per heavy atom. The van der Waals surface area contributed by atoms with Crippen LogP contribution >= 0.6 is 11.8 Å². The number of ether oxygens (including phenoxy) is 2. The summed E-state index contributed by atoms with van der Waals surface area (Å²) in [7, 11) is 1.46. The number of carbonyl (C=O) groups is 3. The molecule has 11 heteroatoms. The number of imide groups is 1. The topological polar surface area (TPSA) is 128 Å². The maximum Gasteiger partial charge on any atom is 0.294 e. The molecule has 1 heterocycles. The number of nitro groups is 1. The van der Waals surface area contributed by atoms with E-state index < -0.39 is 28.5 Å². The number of rotatable bonds is 9. The van der Waals surface area contributed by atoms with Crippen molar-refractivity contribution in [3.63, 3.8) is 0 Å². The molecule has 0 unspecified atom stereocenters. The molecule has 4 aromatic rings. The number of benzene rings is 4. The summed E-state index contributed by atoms with van der Waals surface area (Å²) in [5, 5.41) is 15.1. The molecule has 1 saturated heterocycles. The molecule has 3 amide bonds. The van der Waals surface area contributed by atoms with Gasteiger partial charge in [-0.3, -0.25) is 29.4 Å². The average molecular weight is 570 g/mol. The van der Waals surface area contributed by atoms with Crippen molar-refractivity contribution >= 4 is 57.0 Å². The van der Waals surface area contributed by atoms with Crippen LogP contribution in [0.15, 0.2) is 89.8 Å². The third kappa shape index (κ3) is 6.20. The molecule has 10 nitrogen and oxygen atoms in total. The zero-order valence-electron chi connectivity index (χ0n) is 21.7. The Balaban J connectivity index is 1.26. The van der Waals surface area contributed by atoms with Crippen molar-refractivity contribution in [3.05, 3.63) is 111 Å². The van der Waals surface area contributed by atoms with E-state index in [0.29, 0.717) is 28.3 Å². The zero-order chi connectivity index (χ0) is 28.9. The normalized spacial score (nSPS) is 14.0. The number of nitrogens with zero attached hydrogens (tertiary/aromatic N) is 2. The number of fused-ring (bicyclic) bond motifs is 1. The minimum Gasteiger partial charge on any atom is -0.493 e. The second-order valence-corrected chi connectivity index (χ2v) is 9.96. The molecule has 0 aromatic heterocycles. The molecule has 4 aromatic carbocycles. The Kier molecular flexibility index (Phi) is 7.97. The lowest BCUT2D eigenvalue weighted by Crippen LogP contribution is -2.36. The van der Waals surface area contributed by atoms with E-state index in [0.717, 1.165) is 27.4 Å². The lowest BCUT2D eigenvalue weighted by atomic mass is 10.1. The third-order valence-corrected chi connectivity index (χ3v) is 7.15. The van der Waals surface area contributed by atoms with Crippen LogP contribution in [-0.2, 0) is 16.2 Å². The maximum absolute atomic E-state index is 13.0. The first-order valence-corrected chi connectivity index (χ1v) is 13.2. The molecule has 0 spiro atoms. The minimum absolute atomic E-state index is 0.0339. The first-order valence-electron chi connectivity index (χ1n) is 12.4. The van der Waals surface area contributed by atoms with Gasteiger partial charge in [-0.15, -0.1) is 0 Å². The van der Waals surface area contributed by atoms with Gasteiger partial charge in [0.1, 0.15) is 13.2 Å². The Morgan fingerprint density at radius 2 is 1.78 bits per heavy atom. The summed E-state index contributed by atoms with van der Waals surface area (Å²) in [5.74, 6) is -0.290. The fourth-order valence-corrected chi connectivity index (χ4v) is 5.11. The van der Waals surface area contributed by atoms with Gasteiger partial charge in [0, 0.05) is 23.2 Å². The highest BCUT2D eigenvalue weighted by Gasteiger charge is 2.36. The molecule has 206 valence electrons. The summed E-state index contributed by atoms with van der Waals surface area (Å²) >= 11 is 0.748. The highest BCUT2D eigenvalue weighted by molar-refractivity contribution is 8.18. The van der Waals surface area contributed by atoms with Crippen LogP contribution in [0.5, 0.6) is 11.5 Å². The first kappa shape index (κ1) is 27.4. The van der Waals surface area contributed by atoms with Gasteiger partial charge in [0.2, 0.25) is 5.91 Å². The number of anilines is 1. The molecule has 1 aliphatic rings. The molecular formula is C30H23N3O7S. The molecule has 41 heavy (non-hydrogen) atoms. The van der Waals surface area contributed by atoms with Crippen LogP contribution in [0.25, 0.3) is 16.8 Å². The van der Waals surface area contributed by atoms with Crippen LogP contribution in [0.1, 0.15) is 11.1 Å². The molecule has 1 N–H and O–H groups in total. The Bertz CT molecular complexity index is 1710. The summed E-state index contributed by atoms with van der Waals surface area (Å²) in [6.45, 7) is -0.337. The zero-order valence-corrected chi connectivity index (χ0v) is 22.6. The lowest BCUT2D eigenvalue weighted by Gasteiger charge is -2.13. The van der Waals surface area contributed by atoms with Crippen molar-refractivity contribution in [3.8, 4) is 11.5 Å². The van der Waals surface area contributed by atoms with Gasteiger partial charge in [-0.1, -0.05) is 54.6 Å². The molecule has 0 bridgehead atoms. The Morgan fingerprint density at radius 3 is 2.59 bits per heavy atom. The van der Waals surface area contributed by atoms with E-state index in [9.17, 15) is 24.5 Å². The van der Waals surface area contributed by atoms with Gasteiger partial charge in [-0.2, -0.15) is 0 Å². The van der Waals surface area contributed by atoms with Crippen LogP contribution < -0.4 is 14.8 Å². The van der Waals surface area contributed by atoms with Crippen LogP contribution in [0.2, 0.25) is 0 Å². The first-order chi connectivity index (χ1) is 19.8. The monoisotopic (exact) mass is 569 g/mol. The molecule has 0 aliphatic carbocycles. The SMILES string of the molecule is COc1cc(/C=C2/SC(=O)N(CC(=O)Nc3cccc4ccccc34)C2=O)ccc1OCc1cccc([N+](=O)[O-])c1. The number of methoxy groups -OCH3 is 1. The van der Waals surface area contributed by atoms with Crippen LogP contribution in [0.4, 0.5) is 16.2 Å². The van der Waals surface area contributed by atoms with Gasteiger partial charge in [-0.25, -0.2) is 0 Å². The summed E-state index contributed by atoms with van der Waals surface area (Å²) in [6, 6.07) is 24.2. The molecule has 1 aliphatic heterocycles. The quantitative estimate of drug-likeness (QED) is 0.147. The van der Waals surface area contributed by atoms with Crippen molar-refractivity contribution in [2.45, 2.75) is 6.61 Å². The van der Waals surface area contributed by atoms with Gasteiger partial charge in [-0.05, 0) is 52.6 Å². The number of carbonyl (C=O) groups excluding carboxylic acids is 3. The second-order valence-electron chi connectivity index (χ2n) is 8.97. The number of amides is 3. The predicted octanol–water partition coefficient (Wildman–Crippen LogP) is 6.01. The number of thioether (sulfide) groups is 1. The van der Waals surface area contributed by atoms with E-state index in [4.69, 9.17) is 9.47 Å². The van der Waals surface area contributed by atoms with Gasteiger partial charge in [0.15, 0.2) is 11.5 Å². The number of hydrogen-bond acceptors (Lipinski definition) is 8. The Hall–Kier alpha value is -5.16. The smallest absolute Gasteiger partial charge is 0.294 e. The van der Waals surface area contributed by atoms with Gasteiger partial charge >= 0.3 is 0 Å². The maximum atomic E-state index is 13.0. The molecule has 0 radical (unpaired) electrons. The van der Waals surface area contributed by atoms with Crippen molar-refractivity contribution < 1.29 is 28.8 Å². The molecular weight excluding hydrogens is 546 g/mol. The van der Waals surface area contributed by atoms with Crippen molar-refractivity contribution in [2.75, 3.05) is 19.0 Å². The number of non-ortho nitro benzene ring substituents is 1. The minimum atomic E-state index is -0.571. The van der Waals surface area contributed by atoms with Gasteiger partial charge in [0.05, 0.1) is 16.9 Å². The fourth-order valence-electron chi connectivity index (χ4n) is 4.27. The largest absolute Gasteiger partial charge is 0.493 e. The molecule has 0 saturated carbocycles. The molecule has 0 atom stereocenters. The molecule has 5 rings (SSSR count). The van der Waals surface area contributed by atoms with Gasteiger partial charge in [0.25, 0.3) is 16.8 Å². The summed E-state index contributed by atoms with van der Waals surface area (Å²) in [6.07, 6.45) is 1.54. The summed E-state index contributed by atoms with van der Waals surface area (Å²) in [4.78, 5) is 50.0. The Labute approximate surface area is 238 Å². The van der Waals surface area contributed by atoms with E-state index in [1.54, 1.807) is 42.5 Å². The van der Waals surface area contributed by atoms with Crippen molar-refractivity contribution in [2.24, 2.45) is 0 Å². The number of nitro benzene ring substituents is 1. The van der Waals surface area contributed by atoms with E-state index >= 15 is 0 Å². The molecule has 1 fully saturated rings. The van der Waals surface area contributed by atoms with E-state index in [1.165, 1.54) is 19.2 Å². The van der Waals surface area contributed by atoms with Crippen molar-refractivity contribution in [1.29, 1.82) is 0 Å². The highest BCUT2D eigenvalue weighted by atomic mass is 32.2. The van der Waals surface area contributed by atoms with E-state index in [1.807, 2.05) is 36.4 Å². The standard InChI is InChI=1S/C30H23N3O7S/c1-39-26-15-19(12-13-25(26)40-18-20-6-4-9-22(14-20)33(37)38)16-27-29(35)32(30(36)41-27)17-28(34)31-24-11-5-8-21-7-2-3-10-23(21)24/h2-16H,17-18H2,1H3,(H,31,34)/b27-16+. The average Bonchev–Trinajstić information content (AvgIpc) is 3.23. The van der Waals surface area contributed by atoms with Gasteiger partial charge < -0.3 is 14.8 Å². The number of hydrogen-bond donors (Lipinski definition) is 1. The highest BCUT2D eigenvalue weighted by Crippen LogP contribution is 2.35. The second kappa shape index (κ2) is 11.9. The fraction of sp³-hybridized carbons (Fsp3) is 0.100. The summed E-state index contributed by atoms with van der Waals surface area (Å²) < 4.78 is 11.2. The number of nitrogens with one attached hydrogen (secondary N) is 1. The van der Waals surface area contributed by atoms with Crippen LogP contribution in [0, 0.1) is 10.1 Å². The van der Waals surface area contributed by atoms with Crippen molar-refractivity contribution in [1.82, 2.24) is 4.90 Å². The van der Waals surface area contributed by atoms with Crippen LogP contribution in [-0.4, -0.2) is 40.5 Å².